The Labute approximate surface area is 79.0 Å². The molecule has 0 aliphatic rings. The van der Waals surface area contributed by atoms with Crippen LogP contribution in [-0.4, -0.2) is 6.61 Å². The molecule has 0 amide bonds. The van der Waals surface area contributed by atoms with Gasteiger partial charge in [0.15, 0.2) is 0 Å². The Morgan fingerprint density at radius 2 is 2.31 bits per heavy atom. The third-order valence-electron chi connectivity index (χ3n) is 1.78. The van der Waals surface area contributed by atoms with Crippen molar-refractivity contribution in [2.75, 3.05) is 12.3 Å². The van der Waals surface area contributed by atoms with E-state index in [1.165, 1.54) is 0 Å². The van der Waals surface area contributed by atoms with Gasteiger partial charge in [0.05, 0.1) is 6.61 Å². The Morgan fingerprint density at radius 1 is 1.54 bits per heavy atom. The van der Waals surface area contributed by atoms with Crippen LogP contribution < -0.4 is 10.5 Å². The van der Waals surface area contributed by atoms with E-state index in [9.17, 15) is 0 Å². The number of anilines is 1. The van der Waals surface area contributed by atoms with Crippen LogP contribution in [0.15, 0.2) is 30.9 Å². The van der Waals surface area contributed by atoms with Crippen molar-refractivity contribution in [2.45, 2.75) is 13.3 Å². The van der Waals surface area contributed by atoms with Gasteiger partial charge in [0.1, 0.15) is 5.75 Å². The highest BCUT2D eigenvalue weighted by Gasteiger charge is 1.98. The zero-order valence-corrected chi connectivity index (χ0v) is 7.92. The Bertz CT molecular complexity index is 294. The highest BCUT2D eigenvalue weighted by atomic mass is 16.5. The fourth-order valence-corrected chi connectivity index (χ4v) is 1.09. The largest absolute Gasteiger partial charge is 0.493 e. The third kappa shape index (κ3) is 2.82. The highest BCUT2D eigenvalue weighted by Crippen LogP contribution is 2.20. The van der Waals surface area contributed by atoms with Crippen molar-refractivity contribution in [1.29, 1.82) is 0 Å². The molecule has 0 saturated carbocycles. The zero-order valence-electron chi connectivity index (χ0n) is 7.92. The first-order valence-corrected chi connectivity index (χ1v) is 4.34. The molecule has 0 heterocycles. The van der Waals surface area contributed by atoms with Crippen molar-refractivity contribution < 1.29 is 4.74 Å². The van der Waals surface area contributed by atoms with E-state index in [0.29, 0.717) is 6.61 Å². The van der Waals surface area contributed by atoms with Crippen LogP contribution in [0.2, 0.25) is 0 Å². The Balaban J connectivity index is 2.61. The second kappa shape index (κ2) is 4.55. The number of hydrogen-bond acceptors (Lipinski definition) is 2. The van der Waals surface area contributed by atoms with Crippen LogP contribution in [-0.2, 0) is 0 Å². The van der Waals surface area contributed by atoms with E-state index in [1.807, 2.05) is 31.2 Å². The molecule has 70 valence electrons. The molecule has 0 saturated heterocycles. The van der Waals surface area contributed by atoms with Gasteiger partial charge in [0.25, 0.3) is 0 Å². The molecule has 0 atom stereocenters. The molecule has 2 N–H and O–H groups in total. The van der Waals surface area contributed by atoms with Gasteiger partial charge < -0.3 is 10.5 Å². The van der Waals surface area contributed by atoms with Crippen molar-refractivity contribution in [3.63, 3.8) is 0 Å². The maximum Gasteiger partial charge on any atom is 0.122 e. The minimum atomic E-state index is 0.675. The Morgan fingerprint density at radius 3 is 2.92 bits per heavy atom. The summed E-state index contributed by atoms with van der Waals surface area (Å²) in [6.45, 7) is 6.29. The number of aryl methyl sites for hydroxylation is 1. The molecule has 2 nitrogen and oxygen atoms in total. The first-order valence-electron chi connectivity index (χ1n) is 4.34. The lowest BCUT2D eigenvalue weighted by atomic mass is 10.2. The van der Waals surface area contributed by atoms with Crippen molar-refractivity contribution in [2.24, 2.45) is 0 Å². The monoisotopic (exact) mass is 177 g/mol. The fraction of sp³-hybridized carbons (Fsp3) is 0.273. The molecule has 0 aliphatic heterocycles. The van der Waals surface area contributed by atoms with E-state index in [4.69, 9.17) is 10.5 Å². The van der Waals surface area contributed by atoms with Crippen molar-refractivity contribution in [3.05, 3.63) is 36.4 Å². The summed E-state index contributed by atoms with van der Waals surface area (Å²) in [5, 5.41) is 0. The maximum atomic E-state index is 5.61. The van der Waals surface area contributed by atoms with Crippen LogP contribution in [0.3, 0.4) is 0 Å². The molecule has 0 unspecified atom stereocenters. The van der Waals surface area contributed by atoms with Gasteiger partial charge in [-0.3, -0.25) is 0 Å². The predicted octanol–water partition coefficient (Wildman–Crippen LogP) is 2.53. The van der Waals surface area contributed by atoms with Crippen LogP contribution >= 0.6 is 0 Å². The van der Waals surface area contributed by atoms with Crippen LogP contribution in [0.5, 0.6) is 5.75 Å². The lowest BCUT2D eigenvalue weighted by molar-refractivity contribution is 0.323. The second-order valence-corrected chi connectivity index (χ2v) is 2.95. The molecule has 1 rings (SSSR count). The molecule has 0 fully saturated rings. The number of rotatable bonds is 4. The molecule has 0 spiro atoms. The molecule has 0 aliphatic carbocycles. The van der Waals surface area contributed by atoms with E-state index < -0.39 is 0 Å². The van der Waals surface area contributed by atoms with Crippen molar-refractivity contribution >= 4 is 5.69 Å². The van der Waals surface area contributed by atoms with Crippen molar-refractivity contribution in [1.82, 2.24) is 0 Å². The van der Waals surface area contributed by atoms with Gasteiger partial charge >= 0.3 is 0 Å². The van der Waals surface area contributed by atoms with E-state index in [-0.39, 0.29) is 0 Å². The first-order chi connectivity index (χ1) is 6.24. The summed E-state index contributed by atoms with van der Waals surface area (Å²) >= 11 is 0. The number of hydrogen-bond donors (Lipinski definition) is 1. The van der Waals surface area contributed by atoms with Gasteiger partial charge in [-0.15, -0.1) is 6.58 Å². The Hall–Kier alpha value is -1.44. The number of nitrogens with two attached hydrogens (primary N) is 1. The normalized spacial score (nSPS) is 9.62. The zero-order chi connectivity index (χ0) is 9.68. The maximum absolute atomic E-state index is 5.61. The third-order valence-corrected chi connectivity index (χ3v) is 1.78. The van der Waals surface area contributed by atoms with E-state index in [1.54, 1.807) is 0 Å². The van der Waals surface area contributed by atoms with Crippen LogP contribution in [0.4, 0.5) is 5.69 Å². The molecular weight excluding hydrogens is 162 g/mol. The van der Waals surface area contributed by atoms with E-state index in [0.717, 1.165) is 23.4 Å². The fourth-order valence-electron chi connectivity index (χ4n) is 1.09. The van der Waals surface area contributed by atoms with Gasteiger partial charge in [0, 0.05) is 5.69 Å². The van der Waals surface area contributed by atoms with Crippen molar-refractivity contribution in [3.8, 4) is 5.75 Å². The van der Waals surface area contributed by atoms with Gasteiger partial charge in [-0.1, -0.05) is 6.08 Å². The molecule has 0 bridgehead atoms. The quantitative estimate of drug-likeness (QED) is 0.436. The summed E-state index contributed by atoms with van der Waals surface area (Å²) in [6.07, 6.45) is 2.70. The molecule has 0 radical (unpaired) electrons. The highest BCUT2D eigenvalue weighted by molar-refractivity contribution is 5.47. The van der Waals surface area contributed by atoms with Crippen LogP contribution in [0.25, 0.3) is 0 Å². The topological polar surface area (TPSA) is 35.2 Å². The lowest BCUT2D eigenvalue weighted by Crippen LogP contribution is -1.97. The lowest BCUT2D eigenvalue weighted by Gasteiger charge is -2.07. The van der Waals surface area contributed by atoms with Gasteiger partial charge in [-0.2, -0.15) is 0 Å². The summed E-state index contributed by atoms with van der Waals surface area (Å²) in [7, 11) is 0. The summed E-state index contributed by atoms with van der Waals surface area (Å²) in [6, 6.07) is 5.65. The molecule has 2 heteroatoms. The average molecular weight is 177 g/mol. The Kier molecular flexibility index (Phi) is 3.38. The molecule has 1 aromatic rings. The summed E-state index contributed by atoms with van der Waals surface area (Å²) in [4.78, 5) is 0. The smallest absolute Gasteiger partial charge is 0.122 e. The molecule has 13 heavy (non-hydrogen) atoms. The summed E-state index contributed by atoms with van der Waals surface area (Å²) in [5.74, 6) is 0.899. The summed E-state index contributed by atoms with van der Waals surface area (Å²) < 4.78 is 5.51. The number of benzene rings is 1. The first kappa shape index (κ1) is 9.65. The SMILES string of the molecule is C=CCCOc1ccc(N)cc1C. The molecule has 0 aromatic heterocycles. The summed E-state index contributed by atoms with van der Waals surface area (Å²) in [5.41, 5.74) is 7.46. The number of nitrogen functional groups attached to an aromatic ring is 1. The average Bonchev–Trinajstić information content (AvgIpc) is 2.09. The standard InChI is InChI=1S/C11H15NO/c1-3-4-7-13-11-6-5-10(12)8-9(11)2/h3,5-6,8H,1,4,7,12H2,2H3. The van der Waals surface area contributed by atoms with Gasteiger partial charge in [-0.05, 0) is 37.1 Å². The molecular formula is C11H15NO. The van der Waals surface area contributed by atoms with Crippen LogP contribution in [0.1, 0.15) is 12.0 Å². The minimum Gasteiger partial charge on any atom is -0.493 e. The van der Waals surface area contributed by atoms with Crippen LogP contribution in [0, 0.1) is 6.92 Å². The van der Waals surface area contributed by atoms with E-state index >= 15 is 0 Å². The van der Waals surface area contributed by atoms with Gasteiger partial charge in [0.2, 0.25) is 0 Å². The van der Waals surface area contributed by atoms with Gasteiger partial charge in [-0.25, -0.2) is 0 Å². The second-order valence-electron chi connectivity index (χ2n) is 2.95. The van der Waals surface area contributed by atoms with E-state index in [2.05, 4.69) is 6.58 Å². The predicted molar refractivity (Wildman–Crippen MR) is 55.9 cm³/mol. The minimum absolute atomic E-state index is 0.675. The number of ether oxygens (including phenoxy) is 1. The molecule has 1 aromatic carbocycles.